The zero-order chi connectivity index (χ0) is 23.2. The highest BCUT2D eigenvalue weighted by Gasteiger charge is 2.28. The van der Waals surface area contributed by atoms with Crippen LogP contribution in [-0.2, 0) is 14.8 Å². The van der Waals surface area contributed by atoms with Gasteiger partial charge in [-0.25, -0.2) is 8.42 Å². The number of rotatable bonds is 10. The van der Waals surface area contributed by atoms with Crippen LogP contribution >= 0.6 is 0 Å². The van der Waals surface area contributed by atoms with Crippen molar-refractivity contribution < 1.29 is 22.7 Å². The summed E-state index contributed by atoms with van der Waals surface area (Å²) in [5, 5.41) is 2.82. The normalized spacial score (nSPS) is 11.3. The summed E-state index contributed by atoms with van der Waals surface area (Å²) >= 11 is 0. The van der Waals surface area contributed by atoms with Crippen LogP contribution in [0.15, 0.2) is 41.3 Å². The molecular formula is C23H32N2O5S. The number of aryl methyl sites for hydroxylation is 2. The quantitative estimate of drug-likeness (QED) is 0.599. The van der Waals surface area contributed by atoms with Crippen LogP contribution in [0.2, 0.25) is 0 Å². The van der Waals surface area contributed by atoms with Gasteiger partial charge in [-0.15, -0.1) is 0 Å². The fourth-order valence-electron chi connectivity index (χ4n) is 3.20. The summed E-state index contributed by atoms with van der Waals surface area (Å²) in [6.07, 6.45) is 0.817. The maximum atomic E-state index is 13.6. The number of nitrogens with one attached hydrogen (secondary N) is 1. The van der Waals surface area contributed by atoms with Crippen molar-refractivity contribution in [3.8, 4) is 11.5 Å². The Labute approximate surface area is 185 Å². The second kappa shape index (κ2) is 10.5. The van der Waals surface area contributed by atoms with Gasteiger partial charge in [0.05, 0.1) is 24.8 Å². The summed E-state index contributed by atoms with van der Waals surface area (Å²) in [5.74, 6) is 0.798. The van der Waals surface area contributed by atoms with Crippen molar-refractivity contribution >= 4 is 21.6 Å². The average Bonchev–Trinajstić information content (AvgIpc) is 2.70. The van der Waals surface area contributed by atoms with E-state index in [0.717, 1.165) is 21.9 Å². The summed E-state index contributed by atoms with van der Waals surface area (Å²) in [4.78, 5) is 12.6. The molecule has 0 spiro atoms. The van der Waals surface area contributed by atoms with Gasteiger partial charge >= 0.3 is 0 Å². The number of nitrogens with zero attached hydrogens (tertiary/aromatic N) is 1. The zero-order valence-electron chi connectivity index (χ0n) is 19.1. The highest BCUT2D eigenvalue weighted by Crippen LogP contribution is 2.32. The van der Waals surface area contributed by atoms with Gasteiger partial charge in [-0.1, -0.05) is 19.9 Å². The fourth-order valence-corrected chi connectivity index (χ4v) is 4.62. The number of hydrogen-bond donors (Lipinski definition) is 1. The van der Waals surface area contributed by atoms with E-state index in [9.17, 15) is 13.2 Å². The third-order valence-electron chi connectivity index (χ3n) is 4.77. The first-order valence-corrected chi connectivity index (χ1v) is 11.6. The van der Waals surface area contributed by atoms with Crippen LogP contribution in [0.5, 0.6) is 11.5 Å². The predicted molar refractivity (Wildman–Crippen MR) is 122 cm³/mol. The van der Waals surface area contributed by atoms with Gasteiger partial charge in [0.15, 0.2) is 11.5 Å². The van der Waals surface area contributed by atoms with E-state index in [4.69, 9.17) is 9.47 Å². The van der Waals surface area contributed by atoms with Gasteiger partial charge in [0.25, 0.3) is 10.0 Å². The standard InChI is InChI=1S/C23H32N2O5S/c1-16(2)9-10-24-23(26)15-25(19-12-17(3)11-18(4)13-19)31(27,28)20-7-8-21(29-5)22(14-20)30-6/h7-8,11-14,16H,9-10,15H2,1-6H3,(H,24,26). The first-order valence-electron chi connectivity index (χ1n) is 10.2. The first-order chi connectivity index (χ1) is 14.6. The van der Waals surface area contributed by atoms with Crippen LogP contribution in [0.1, 0.15) is 31.4 Å². The largest absolute Gasteiger partial charge is 0.493 e. The molecule has 1 N–H and O–H groups in total. The molecule has 170 valence electrons. The molecule has 1 amide bonds. The van der Waals surface area contributed by atoms with E-state index >= 15 is 0 Å². The Morgan fingerprint density at radius 1 is 1.00 bits per heavy atom. The Balaban J connectivity index is 2.46. The molecule has 0 aromatic heterocycles. The third-order valence-corrected chi connectivity index (χ3v) is 6.54. The predicted octanol–water partition coefficient (Wildman–Crippen LogP) is 3.68. The van der Waals surface area contributed by atoms with Crippen molar-refractivity contribution in [2.24, 2.45) is 5.92 Å². The van der Waals surface area contributed by atoms with E-state index < -0.39 is 10.0 Å². The zero-order valence-corrected chi connectivity index (χ0v) is 19.9. The number of carbonyl (C=O) groups excluding carboxylic acids is 1. The minimum atomic E-state index is -4.04. The smallest absolute Gasteiger partial charge is 0.264 e. The van der Waals surface area contributed by atoms with Crippen molar-refractivity contribution in [2.75, 3.05) is 31.6 Å². The Kier molecular flexibility index (Phi) is 8.33. The highest BCUT2D eigenvalue weighted by atomic mass is 32.2. The molecule has 0 radical (unpaired) electrons. The fraction of sp³-hybridized carbons (Fsp3) is 0.435. The molecule has 7 nitrogen and oxygen atoms in total. The second-order valence-electron chi connectivity index (χ2n) is 7.91. The summed E-state index contributed by atoms with van der Waals surface area (Å²) < 4.78 is 38.8. The number of hydrogen-bond acceptors (Lipinski definition) is 5. The lowest BCUT2D eigenvalue weighted by molar-refractivity contribution is -0.119. The maximum absolute atomic E-state index is 13.6. The van der Waals surface area contributed by atoms with E-state index in [-0.39, 0.29) is 17.3 Å². The van der Waals surface area contributed by atoms with Gasteiger partial charge in [-0.3, -0.25) is 9.10 Å². The topological polar surface area (TPSA) is 84.9 Å². The van der Waals surface area contributed by atoms with Crippen LogP contribution in [0.4, 0.5) is 5.69 Å². The number of methoxy groups -OCH3 is 2. The van der Waals surface area contributed by atoms with Gasteiger partial charge < -0.3 is 14.8 Å². The molecule has 2 aromatic carbocycles. The maximum Gasteiger partial charge on any atom is 0.264 e. The summed E-state index contributed by atoms with van der Waals surface area (Å²) in [6, 6.07) is 9.85. The first kappa shape index (κ1) is 24.5. The van der Waals surface area contributed by atoms with Crippen LogP contribution in [0, 0.1) is 19.8 Å². The molecule has 2 aromatic rings. The molecule has 31 heavy (non-hydrogen) atoms. The molecule has 0 heterocycles. The average molecular weight is 449 g/mol. The molecular weight excluding hydrogens is 416 g/mol. The van der Waals surface area contributed by atoms with Gasteiger partial charge in [-0.05, 0) is 61.6 Å². The molecule has 2 rings (SSSR count). The number of benzene rings is 2. The molecule has 0 aliphatic heterocycles. The number of anilines is 1. The van der Waals surface area contributed by atoms with Crippen molar-refractivity contribution in [2.45, 2.75) is 39.0 Å². The Bertz CT molecular complexity index is 998. The van der Waals surface area contributed by atoms with E-state index in [1.54, 1.807) is 12.1 Å². The summed E-state index contributed by atoms with van der Waals surface area (Å²) in [6.45, 7) is 8.08. The van der Waals surface area contributed by atoms with E-state index in [0.29, 0.717) is 29.6 Å². The van der Waals surface area contributed by atoms with Crippen molar-refractivity contribution in [1.29, 1.82) is 0 Å². The molecule has 0 saturated heterocycles. The van der Waals surface area contributed by atoms with Crippen LogP contribution in [0.3, 0.4) is 0 Å². The van der Waals surface area contributed by atoms with Gasteiger partial charge in [0, 0.05) is 12.6 Å². The molecule has 0 aliphatic rings. The molecule has 0 fully saturated rings. The minimum absolute atomic E-state index is 0.0132. The monoisotopic (exact) mass is 448 g/mol. The van der Waals surface area contributed by atoms with Crippen molar-refractivity contribution in [1.82, 2.24) is 5.32 Å². The third kappa shape index (κ3) is 6.37. The van der Waals surface area contributed by atoms with Crippen LogP contribution in [-0.4, -0.2) is 41.6 Å². The summed E-state index contributed by atoms with van der Waals surface area (Å²) in [7, 11) is -1.12. The number of amides is 1. The van der Waals surface area contributed by atoms with Crippen molar-refractivity contribution in [3.05, 3.63) is 47.5 Å². The molecule has 0 bridgehead atoms. The molecule has 0 aliphatic carbocycles. The second-order valence-corrected chi connectivity index (χ2v) is 9.77. The van der Waals surface area contributed by atoms with E-state index in [1.165, 1.54) is 32.4 Å². The number of ether oxygens (including phenoxy) is 2. The Morgan fingerprint density at radius 2 is 1.61 bits per heavy atom. The SMILES string of the molecule is COc1ccc(S(=O)(=O)N(CC(=O)NCCC(C)C)c2cc(C)cc(C)c2)cc1OC. The van der Waals surface area contributed by atoms with E-state index in [2.05, 4.69) is 19.2 Å². The van der Waals surface area contributed by atoms with E-state index in [1.807, 2.05) is 19.9 Å². The van der Waals surface area contributed by atoms with Gasteiger partial charge in [0.2, 0.25) is 5.91 Å². The number of carbonyl (C=O) groups is 1. The minimum Gasteiger partial charge on any atom is -0.493 e. The molecule has 0 saturated carbocycles. The molecule has 8 heteroatoms. The lowest BCUT2D eigenvalue weighted by Crippen LogP contribution is -2.41. The highest BCUT2D eigenvalue weighted by molar-refractivity contribution is 7.92. The summed E-state index contributed by atoms with van der Waals surface area (Å²) in [5.41, 5.74) is 2.25. The van der Waals surface area contributed by atoms with Gasteiger partial charge in [0.1, 0.15) is 6.54 Å². The molecule has 0 unspecified atom stereocenters. The lowest BCUT2D eigenvalue weighted by Gasteiger charge is -2.25. The van der Waals surface area contributed by atoms with Crippen LogP contribution in [0.25, 0.3) is 0 Å². The molecule has 0 atom stereocenters. The van der Waals surface area contributed by atoms with Gasteiger partial charge in [-0.2, -0.15) is 0 Å². The van der Waals surface area contributed by atoms with Crippen LogP contribution < -0.4 is 19.1 Å². The van der Waals surface area contributed by atoms with Crippen molar-refractivity contribution in [3.63, 3.8) is 0 Å². The Hall–Kier alpha value is -2.74. The number of sulfonamides is 1. The Morgan fingerprint density at radius 3 is 2.16 bits per heavy atom. The lowest BCUT2D eigenvalue weighted by atomic mass is 10.1.